The predicted molar refractivity (Wildman–Crippen MR) is 106 cm³/mol. The summed E-state index contributed by atoms with van der Waals surface area (Å²) in [6, 6.07) is 17.2. The van der Waals surface area contributed by atoms with E-state index in [0.29, 0.717) is 0 Å². The maximum atomic E-state index is 4.03. The molecule has 0 bridgehead atoms. The molecule has 1 aromatic heterocycles. The van der Waals surface area contributed by atoms with Crippen LogP contribution in [0.1, 0.15) is 22.3 Å². The summed E-state index contributed by atoms with van der Waals surface area (Å²) in [6.45, 7) is 10.6. The fraction of sp³-hybridized carbons (Fsp3) is 0.130. The van der Waals surface area contributed by atoms with Gasteiger partial charge in [0.1, 0.15) is 0 Å². The molecule has 4 aromatic rings. The highest BCUT2D eigenvalue weighted by Gasteiger charge is 2.15. The molecule has 1 heterocycles. The molecule has 0 unspecified atom stereocenters. The Labute approximate surface area is 142 Å². The molecular weight excluding hydrogens is 290 g/mol. The summed E-state index contributed by atoms with van der Waals surface area (Å²) in [6.07, 6.45) is 1.97. The molecule has 0 spiro atoms. The van der Waals surface area contributed by atoms with E-state index in [0.717, 1.165) is 0 Å². The van der Waals surface area contributed by atoms with E-state index in [1.54, 1.807) is 0 Å². The van der Waals surface area contributed by atoms with Crippen LogP contribution < -0.4 is 0 Å². The lowest BCUT2D eigenvalue weighted by molar-refractivity contribution is 1.28. The van der Waals surface area contributed by atoms with Gasteiger partial charge in [-0.3, -0.25) is 0 Å². The first kappa shape index (κ1) is 14.8. The zero-order chi connectivity index (χ0) is 16.8. The summed E-state index contributed by atoms with van der Waals surface area (Å²) in [5.41, 5.74) is 10.1. The van der Waals surface area contributed by atoms with Gasteiger partial charge in [-0.25, -0.2) is 0 Å². The molecule has 0 radical (unpaired) electrons. The van der Waals surface area contributed by atoms with Gasteiger partial charge in [0.05, 0.1) is 5.52 Å². The van der Waals surface area contributed by atoms with Gasteiger partial charge in [-0.15, -0.1) is 0 Å². The van der Waals surface area contributed by atoms with Crippen LogP contribution in [0.25, 0.3) is 39.0 Å². The van der Waals surface area contributed by atoms with Crippen molar-refractivity contribution in [2.75, 3.05) is 0 Å². The van der Waals surface area contributed by atoms with E-state index in [1.807, 2.05) is 6.08 Å². The van der Waals surface area contributed by atoms with E-state index < -0.39 is 0 Å². The highest BCUT2D eigenvalue weighted by Crippen LogP contribution is 2.37. The molecule has 0 saturated heterocycles. The Kier molecular flexibility index (Phi) is 3.31. The lowest BCUT2D eigenvalue weighted by Crippen LogP contribution is -1.92. The van der Waals surface area contributed by atoms with Gasteiger partial charge in [0, 0.05) is 21.9 Å². The Hall–Kier alpha value is -2.80. The molecule has 0 aliphatic rings. The summed E-state index contributed by atoms with van der Waals surface area (Å²) >= 11 is 0. The smallest absolute Gasteiger partial charge is 0.0543 e. The fourth-order valence-electron chi connectivity index (χ4n) is 3.71. The number of hydrogen-bond donors (Lipinski definition) is 1. The third-order valence-corrected chi connectivity index (χ3v) is 5.28. The predicted octanol–water partition coefficient (Wildman–Crippen LogP) is 6.56. The SMILES string of the molecule is C=Cc1c(C)c(C)c(C)c2c1[nH]c1ccc(-c3ccccc3)cc12. The van der Waals surface area contributed by atoms with Crippen molar-refractivity contribution in [1.29, 1.82) is 0 Å². The summed E-state index contributed by atoms with van der Waals surface area (Å²) < 4.78 is 0. The molecule has 1 nitrogen and oxygen atoms in total. The Balaban J connectivity index is 2.12. The summed E-state index contributed by atoms with van der Waals surface area (Å²) in [5, 5.41) is 2.61. The lowest BCUT2D eigenvalue weighted by atomic mass is 9.93. The molecule has 4 rings (SSSR count). The van der Waals surface area contributed by atoms with Crippen molar-refractivity contribution in [3.8, 4) is 11.1 Å². The number of aromatic nitrogens is 1. The van der Waals surface area contributed by atoms with E-state index in [-0.39, 0.29) is 0 Å². The van der Waals surface area contributed by atoms with Gasteiger partial charge >= 0.3 is 0 Å². The standard InChI is InChI=1S/C23H21N/c1-5-19-15(3)14(2)16(4)22-20-13-18(17-9-7-6-8-10-17)11-12-21(20)24-23(19)22/h5-13,24H,1H2,2-4H3. The number of hydrogen-bond acceptors (Lipinski definition) is 0. The van der Waals surface area contributed by atoms with Gasteiger partial charge in [-0.05, 0) is 60.7 Å². The normalized spacial score (nSPS) is 11.3. The minimum Gasteiger partial charge on any atom is -0.354 e. The van der Waals surface area contributed by atoms with Crippen LogP contribution in [0.3, 0.4) is 0 Å². The highest BCUT2D eigenvalue weighted by atomic mass is 14.7. The quantitative estimate of drug-likeness (QED) is 0.431. The van der Waals surface area contributed by atoms with Gasteiger partial charge in [0.15, 0.2) is 0 Å². The minimum absolute atomic E-state index is 1.18. The van der Waals surface area contributed by atoms with Gasteiger partial charge in [-0.1, -0.05) is 49.1 Å². The van der Waals surface area contributed by atoms with E-state index >= 15 is 0 Å². The zero-order valence-corrected chi connectivity index (χ0v) is 14.4. The molecular formula is C23H21N. The Morgan fingerprint density at radius 3 is 2.29 bits per heavy atom. The summed E-state index contributed by atoms with van der Waals surface area (Å²) in [4.78, 5) is 3.61. The maximum absolute atomic E-state index is 4.03. The molecule has 3 aromatic carbocycles. The number of aryl methyl sites for hydroxylation is 1. The first-order chi connectivity index (χ1) is 11.6. The second kappa shape index (κ2) is 5.38. The van der Waals surface area contributed by atoms with E-state index in [4.69, 9.17) is 0 Å². The molecule has 0 aliphatic heterocycles. The number of aromatic amines is 1. The number of rotatable bonds is 2. The van der Waals surface area contributed by atoms with Crippen molar-refractivity contribution >= 4 is 27.9 Å². The average Bonchev–Trinajstić information content (AvgIpc) is 2.99. The fourth-order valence-corrected chi connectivity index (χ4v) is 3.71. The number of H-pyrrole nitrogens is 1. The van der Waals surface area contributed by atoms with E-state index in [2.05, 4.69) is 80.9 Å². The number of nitrogens with one attached hydrogen (secondary N) is 1. The second-order valence-electron chi connectivity index (χ2n) is 6.49. The Morgan fingerprint density at radius 1 is 0.833 bits per heavy atom. The van der Waals surface area contributed by atoms with Crippen molar-refractivity contribution < 1.29 is 0 Å². The van der Waals surface area contributed by atoms with Crippen molar-refractivity contribution in [2.45, 2.75) is 20.8 Å². The Morgan fingerprint density at radius 2 is 1.58 bits per heavy atom. The highest BCUT2D eigenvalue weighted by molar-refractivity contribution is 6.13. The first-order valence-corrected chi connectivity index (χ1v) is 8.35. The topological polar surface area (TPSA) is 15.8 Å². The van der Waals surface area contributed by atoms with Crippen molar-refractivity contribution in [3.63, 3.8) is 0 Å². The third-order valence-electron chi connectivity index (χ3n) is 5.28. The van der Waals surface area contributed by atoms with E-state index in [1.165, 1.54) is 55.2 Å². The van der Waals surface area contributed by atoms with Gasteiger partial charge in [0.2, 0.25) is 0 Å². The summed E-state index contributed by atoms with van der Waals surface area (Å²) in [7, 11) is 0. The largest absolute Gasteiger partial charge is 0.354 e. The van der Waals surface area contributed by atoms with Crippen molar-refractivity contribution in [3.05, 3.63) is 77.4 Å². The molecule has 24 heavy (non-hydrogen) atoms. The van der Waals surface area contributed by atoms with Crippen LogP contribution in [0.4, 0.5) is 0 Å². The van der Waals surface area contributed by atoms with Crippen LogP contribution >= 0.6 is 0 Å². The molecule has 0 amide bonds. The molecule has 0 aliphatic carbocycles. The first-order valence-electron chi connectivity index (χ1n) is 8.35. The Bertz CT molecular complexity index is 1080. The van der Waals surface area contributed by atoms with E-state index in [9.17, 15) is 0 Å². The molecule has 1 N–H and O–H groups in total. The van der Waals surface area contributed by atoms with Crippen LogP contribution in [-0.4, -0.2) is 4.98 Å². The monoisotopic (exact) mass is 311 g/mol. The van der Waals surface area contributed by atoms with Crippen molar-refractivity contribution in [1.82, 2.24) is 4.98 Å². The lowest BCUT2D eigenvalue weighted by Gasteiger charge is -2.11. The third kappa shape index (κ3) is 2.01. The molecule has 0 fully saturated rings. The van der Waals surface area contributed by atoms with Gasteiger partial charge in [0.25, 0.3) is 0 Å². The molecule has 1 heteroatoms. The van der Waals surface area contributed by atoms with Crippen LogP contribution in [0.2, 0.25) is 0 Å². The minimum atomic E-state index is 1.18. The second-order valence-corrected chi connectivity index (χ2v) is 6.49. The number of fused-ring (bicyclic) bond motifs is 3. The molecule has 0 saturated carbocycles. The summed E-state index contributed by atoms with van der Waals surface area (Å²) in [5.74, 6) is 0. The van der Waals surface area contributed by atoms with Crippen LogP contribution in [0.5, 0.6) is 0 Å². The molecule has 0 atom stereocenters. The van der Waals surface area contributed by atoms with Crippen molar-refractivity contribution in [2.24, 2.45) is 0 Å². The van der Waals surface area contributed by atoms with Crippen LogP contribution in [-0.2, 0) is 0 Å². The van der Waals surface area contributed by atoms with Crippen LogP contribution in [0, 0.1) is 20.8 Å². The number of benzene rings is 3. The van der Waals surface area contributed by atoms with Gasteiger partial charge < -0.3 is 4.98 Å². The van der Waals surface area contributed by atoms with Gasteiger partial charge in [-0.2, -0.15) is 0 Å². The molecule has 118 valence electrons. The van der Waals surface area contributed by atoms with Crippen LogP contribution in [0.15, 0.2) is 55.1 Å². The zero-order valence-electron chi connectivity index (χ0n) is 14.4. The maximum Gasteiger partial charge on any atom is 0.0543 e. The average molecular weight is 311 g/mol.